The van der Waals surface area contributed by atoms with E-state index in [-0.39, 0.29) is 12.1 Å². The molecule has 0 saturated carbocycles. The number of aromatic nitrogens is 1. The van der Waals surface area contributed by atoms with Gasteiger partial charge in [0.2, 0.25) is 0 Å². The largest absolute Gasteiger partial charge is 0.448 e. The molecule has 1 N–H and O–H groups in total. The maximum Gasteiger partial charge on any atom is 0.435 e. The smallest absolute Gasteiger partial charge is 0.435 e. The van der Waals surface area contributed by atoms with Gasteiger partial charge in [-0.15, -0.1) is 0 Å². The molecular formula is C9H12N2O3. The van der Waals surface area contributed by atoms with Gasteiger partial charge in [0.05, 0.1) is 6.61 Å². The Morgan fingerprint density at radius 2 is 2.43 bits per heavy atom. The van der Waals surface area contributed by atoms with Crippen molar-refractivity contribution in [3.05, 3.63) is 29.4 Å². The molecule has 0 saturated heterocycles. The number of nitrogens with zero attached hydrogens (tertiary/aromatic N) is 2. The third kappa shape index (κ3) is 2.62. The molecule has 76 valence electrons. The van der Waals surface area contributed by atoms with Crippen molar-refractivity contribution in [2.45, 2.75) is 13.8 Å². The minimum Gasteiger partial charge on any atom is -0.448 e. The van der Waals surface area contributed by atoms with Crippen molar-refractivity contribution in [1.82, 2.24) is 4.73 Å². The number of hydrogen-bond donors (Lipinski definition) is 1. The lowest BCUT2D eigenvalue weighted by Gasteiger charge is -1.99. The van der Waals surface area contributed by atoms with Crippen LogP contribution in [0.15, 0.2) is 23.3 Å². The molecule has 0 radical (unpaired) electrons. The summed E-state index contributed by atoms with van der Waals surface area (Å²) in [4.78, 5) is 14.5. The average Bonchev–Trinajstić information content (AvgIpc) is 2.12. The van der Waals surface area contributed by atoms with Gasteiger partial charge in [-0.25, -0.2) is 4.79 Å². The normalized spacial score (nSPS) is 11.4. The molecule has 0 unspecified atom stereocenters. The Bertz CT molecular complexity index is 395. The first-order valence-corrected chi connectivity index (χ1v) is 4.23. The Morgan fingerprint density at radius 3 is 3.07 bits per heavy atom. The zero-order chi connectivity index (χ0) is 10.6. The van der Waals surface area contributed by atoms with Crippen LogP contribution in [0, 0.1) is 6.92 Å². The summed E-state index contributed by atoms with van der Waals surface area (Å²) in [6.45, 7) is 3.79. The number of ether oxygens (including phenoxy) is 1. The molecule has 1 aromatic heterocycles. The first-order valence-electron chi connectivity index (χ1n) is 4.23. The van der Waals surface area contributed by atoms with Gasteiger partial charge in [-0.05, 0) is 31.5 Å². The van der Waals surface area contributed by atoms with Crippen LogP contribution in [0.4, 0.5) is 4.79 Å². The summed E-state index contributed by atoms with van der Waals surface area (Å²) < 4.78 is 5.38. The molecule has 5 heteroatoms. The van der Waals surface area contributed by atoms with Gasteiger partial charge in [-0.2, -0.15) is 9.72 Å². The van der Waals surface area contributed by atoms with Crippen molar-refractivity contribution in [2.24, 2.45) is 4.99 Å². The number of carbonyl (C=O) groups is 1. The lowest BCUT2D eigenvalue weighted by Crippen LogP contribution is -2.20. The van der Waals surface area contributed by atoms with Crippen molar-refractivity contribution in [3.8, 4) is 0 Å². The molecule has 0 aliphatic rings. The molecule has 1 rings (SSSR count). The molecule has 0 bridgehead atoms. The van der Waals surface area contributed by atoms with E-state index in [4.69, 9.17) is 0 Å². The van der Waals surface area contributed by atoms with E-state index in [0.717, 1.165) is 10.3 Å². The predicted molar refractivity (Wildman–Crippen MR) is 48.9 cm³/mol. The summed E-state index contributed by atoms with van der Waals surface area (Å²) in [6, 6.07) is 3.28. The Kier molecular flexibility index (Phi) is 3.28. The van der Waals surface area contributed by atoms with E-state index in [1.807, 2.05) is 6.92 Å². The standard InChI is InChI=1S/C9H12N2O3/c1-3-14-9(12)10-8-6-7(2)4-5-11(8)13/h4-6,13H,3H2,1-2H3/b10-8-. The van der Waals surface area contributed by atoms with Crippen molar-refractivity contribution < 1.29 is 14.7 Å². The number of amides is 1. The Morgan fingerprint density at radius 1 is 1.71 bits per heavy atom. The first kappa shape index (κ1) is 10.3. The quantitative estimate of drug-likeness (QED) is 0.684. The molecule has 5 nitrogen and oxygen atoms in total. The van der Waals surface area contributed by atoms with E-state index < -0.39 is 6.09 Å². The van der Waals surface area contributed by atoms with Gasteiger partial charge in [-0.3, -0.25) is 0 Å². The van der Waals surface area contributed by atoms with E-state index in [1.165, 1.54) is 6.20 Å². The highest BCUT2D eigenvalue weighted by Gasteiger charge is 1.98. The maximum atomic E-state index is 11.0. The van der Waals surface area contributed by atoms with E-state index in [2.05, 4.69) is 9.73 Å². The van der Waals surface area contributed by atoms with Crippen LogP contribution in [0.5, 0.6) is 0 Å². The second-order valence-corrected chi connectivity index (χ2v) is 2.72. The second-order valence-electron chi connectivity index (χ2n) is 2.72. The van der Waals surface area contributed by atoms with Gasteiger partial charge >= 0.3 is 6.09 Å². The molecule has 0 atom stereocenters. The van der Waals surface area contributed by atoms with E-state index >= 15 is 0 Å². The van der Waals surface area contributed by atoms with Crippen LogP contribution in [0.3, 0.4) is 0 Å². The molecule has 0 aromatic carbocycles. The van der Waals surface area contributed by atoms with Crippen molar-refractivity contribution >= 4 is 6.09 Å². The topological polar surface area (TPSA) is 63.8 Å². The minimum atomic E-state index is -0.707. The highest BCUT2D eigenvalue weighted by molar-refractivity contribution is 5.68. The second kappa shape index (κ2) is 4.45. The Balaban J connectivity index is 3.05. The highest BCUT2D eigenvalue weighted by Crippen LogP contribution is 1.89. The molecule has 0 aliphatic carbocycles. The van der Waals surface area contributed by atoms with Crippen LogP contribution >= 0.6 is 0 Å². The molecule has 1 amide bonds. The number of rotatable bonds is 1. The molecule has 14 heavy (non-hydrogen) atoms. The number of hydrogen-bond acceptors (Lipinski definition) is 3. The van der Waals surface area contributed by atoms with Gasteiger partial charge in [0.15, 0.2) is 5.49 Å². The molecular weight excluding hydrogens is 184 g/mol. The van der Waals surface area contributed by atoms with E-state index in [9.17, 15) is 10.0 Å². The first-order chi connectivity index (χ1) is 6.63. The third-order valence-electron chi connectivity index (χ3n) is 1.54. The number of pyridine rings is 1. The molecule has 1 aromatic rings. The Labute approximate surface area is 81.2 Å². The van der Waals surface area contributed by atoms with Crippen LogP contribution in [0.1, 0.15) is 12.5 Å². The zero-order valence-corrected chi connectivity index (χ0v) is 8.10. The van der Waals surface area contributed by atoms with Crippen molar-refractivity contribution in [3.63, 3.8) is 0 Å². The fourth-order valence-corrected chi connectivity index (χ4v) is 0.915. The van der Waals surface area contributed by atoms with Gasteiger partial charge in [0.1, 0.15) is 0 Å². The zero-order valence-electron chi connectivity index (χ0n) is 8.10. The van der Waals surface area contributed by atoms with Crippen molar-refractivity contribution in [1.29, 1.82) is 0 Å². The molecule has 0 spiro atoms. The fraction of sp³-hybridized carbons (Fsp3) is 0.333. The fourth-order valence-electron chi connectivity index (χ4n) is 0.915. The molecule has 0 aliphatic heterocycles. The average molecular weight is 196 g/mol. The maximum absolute atomic E-state index is 11.0. The molecule has 0 fully saturated rings. The number of carbonyl (C=O) groups excluding carboxylic acids is 1. The van der Waals surface area contributed by atoms with Crippen LogP contribution in [0.25, 0.3) is 0 Å². The summed E-state index contributed by atoms with van der Waals surface area (Å²) >= 11 is 0. The summed E-state index contributed by atoms with van der Waals surface area (Å²) in [5, 5.41) is 9.27. The minimum absolute atomic E-state index is 0.156. The van der Waals surface area contributed by atoms with Crippen LogP contribution in [-0.4, -0.2) is 22.6 Å². The van der Waals surface area contributed by atoms with Crippen molar-refractivity contribution in [2.75, 3.05) is 6.61 Å². The summed E-state index contributed by atoms with van der Waals surface area (Å²) in [5.41, 5.74) is 1.06. The van der Waals surface area contributed by atoms with E-state index in [0.29, 0.717) is 0 Å². The van der Waals surface area contributed by atoms with Gasteiger partial charge in [-0.1, -0.05) is 0 Å². The summed E-state index contributed by atoms with van der Waals surface area (Å²) in [5.74, 6) is 0. The van der Waals surface area contributed by atoms with Gasteiger partial charge in [0.25, 0.3) is 0 Å². The lowest BCUT2D eigenvalue weighted by molar-refractivity contribution is 0.153. The summed E-state index contributed by atoms with van der Waals surface area (Å²) in [7, 11) is 0. The monoisotopic (exact) mass is 196 g/mol. The SMILES string of the molecule is CCOC(=O)/N=c1/cc(C)ccn1O. The van der Waals surface area contributed by atoms with Gasteiger partial charge < -0.3 is 9.94 Å². The van der Waals surface area contributed by atoms with Crippen LogP contribution in [-0.2, 0) is 4.74 Å². The third-order valence-corrected chi connectivity index (χ3v) is 1.54. The lowest BCUT2D eigenvalue weighted by atomic mass is 10.3. The number of aryl methyl sites for hydroxylation is 1. The highest BCUT2D eigenvalue weighted by atomic mass is 16.5. The van der Waals surface area contributed by atoms with E-state index in [1.54, 1.807) is 19.1 Å². The molecule has 1 heterocycles. The summed E-state index contributed by atoms with van der Waals surface area (Å²) in [6.07, 6.45) is 0.703. The van der Waals surface area contributed by atoms with Gasteiger partial charge in [0, 0.05) is 6.20 Å². The predicted octanol–water partition coefficient (Wildman–Crippen LogP) is 1.09. The van der Waals surface area contributed by atoms with Crippen LogP contribution < -0.4 is 5.49 Å². The van der Waals surface area contributed by atoms with Crippen LogP contribution in [0.2, 0.25) is 0 Å². The Hall–Kier alpha value is -1.78.